The second kappa shape index (κ2) is 6.21. The van der Waals surface area contributed by atoms with Crippen molar-refractivity contribution in [1.29, 1.82) is 0 Å². The molecule has 0 unspecified atom stereocenters. The summed E-state index contributed by atoms with van der Waals surface area (Å²) in [6, 6.07) is 14.1. The summed E-state index contributed by atoms with van der Waals surface area (Å²) < 4.78 is 0. The maximum atomic E-state index is 10.9. The number of carbonyl (C=O) groups is 1. The molecule has 2 rings (SSSR count). The van der Waals surface area contributed by atoms with E-state index in [9.17, 15) is 14.9 Å². The molecular weight excluding hydrogens is 278 g/mol. The molecule has 0 saturated heterocycles. The second-order valence-electron chi connectivity index (χ2n) is 4.03. The van der Waals surface area contributed by atoms with Crippen molar-refractivity contribution in [1.82, 2.24) is 0 Å². The van der Waals surface area contributed by atoms with Gasteiger partial charge in [0.15, 0.2) is 0 Å². The fourth-order valence-corrected chi connectivity index (χ4v) is 2.64. The van der Waals surface area contributed by atoms with Crippen LogP contribution in [0.1, 0.15) is 5.56 Å². The van der Waals surface area contributed by atoms with E-state index >= 15 is 0 Å². The zero-order valence-corrected chi connectivity index (χ0v) is 11.2. The summed E-state index contributed by atoms with van der Waals surface area (Å²) in [6.45, 7) is 0. The van der Waals surface area contributed by atoms with Gasteiger partial charge in [-0.1, -0.05) is 30.0 Å². The molecule has 0 aliphatic carbocycles. The molecular formula is C14H11NO4S. The number of carboxylic acid groups (broad SMARTS) is 1. The predicted octanol–water partition coefficient (Wildman–Crippen LogP) is 3.37. The van der Waals surface area contributed by atoms with Crippen LogP contribution in [0.2, 0.25) is 0 Å². The predicted molar refractivity (Wildman–Crippen MR) is 75.0 cm³/mol. The van der Waals surface area contributed by atoms with Crippen LogP contribution in [-0.4, -0.2) is 16.0 Å². The van der Waals surface area contributed by atoms with Gasteiger partial charge >= 0.3 is 5.97 Å². The smallest absolute Gasteiger partial charge is 0.308 e. The van der Waals surface area contributed by atoms with E-state index in [4.69, 9.17) is 5.11 Å². The van der Waals surface area contributed by atoms with E-state index in [1.54, 1.807) is 12.1 Å². The summed E-state index contributed by atoms with van der Waals surface area (Å²) in [5, 5.41) is 19.7. The fourth-order valence-electron chi connectivity index (χ4n) is 1.73. The van der Waals surface area contributed by atoms with Crippen LogP contribution in [0.15, 0.2) is 58.3 Å². The van der Waals surface area contributed by atoms with E-state index in [2.05, 4.69) is 0 Å². The quantitative estimate of drug-likeness (QED) is 0.674. The van der Waals surface area contributed by atoms with Gasteiger partial charge in [-0.05, 0) is 24.3 Å². The molecule has 0 radical (unpaired) electrons. The Morgan fingerprint density at radius 2 is 1.85 bits per heavy atom. The van der Waals surface area contributed by atoms with Crippen LogP contribution in [0.3, 0.4) is 0 Å². The van der Waals surface area contributed by atoms with Crippen molar-refractivity contribution in [3.63, 3.8) is 0 Å². The molecule has 0 atom stereocenters. The number of hydrogen-bond donors (Lipinski definition) is 1. The van der Waals surface area contributed by atoms with E-state index in [0.717, 1.165) is 9.79 Å². The van der Waals surface area contributed by atoms with Gasteiger partial charge < -0.3 is 5.11 Å². The minimum absolute atomic E-state index is 0.162. The van der Waals surface area contributed by atoms with Crippen LogP contribution < -0.4 is 0 Å². The highest BCUT2D eigenvalue weighted by molar-refractivity contribution is 7.99. The number of rotatable bonds is 5. The van der Waals surface area contributed by atoms with Crippen LogP contribution in [0.4, 0.5) is 5.69 Å². The Kier molecular flexibility index (Phi) is 4.37. The lowest BCUT2D eigenvalue weighted by molar-refractivity contribution is -0.385. The molecule has 0 aliphatic heterocycles. The lowest BCUT2D eigenvalue weighted by Crippen LogP contribution is -2.03. The summed E-state index contributed by atoms with van der Waals surface area (Å²) in [7, 11) is 0. The van der Waals surface area contributed by atoms with Crippen molar-refractivity contribution in [3.05, 3.63) is 64.2 Å². The Bertz CT molecular complexity index is 643. The number of aliphatic carboxylic acids is 1. The van der Waals surface area contributed by atoms with Crippen molar-refractivity contribution >= 4 is 23.4 Å². The van der Waals surface area contributed by atoms with E-state index in [0.29, 0.717) is 0 Å². The zero-order valence-electron chi connectivity index (χ0n) is 10.4. The Balaban J connectivity index is 2.31. The second-order valence-corrected chi connectivity index (χ2v) is 5.18. The third-order valence-electron chi connectivity index (χ3n) is 2.57. The first-order chi connectivity index (χ1) is 9.56. The highest BCUT2D eigenvalue weighted by Crippen LogP contribution is 2.31. The molecule has 1 N–H and O–H groups in total. The molecule has 2 aromatic rings. The summed E-state index contributed by atoms with van der Waals surface area (Å²) in [5.74, 6) is -1.09. The van der Waals surface area contributed by atoms with Gasteiger partial charge in [0.25, 0.3) is 5.69 Å². The van der Waals surface area contributed by atoms with Gasteiger partial charge in [-0.2, -0.15) is 0 Å². The maximum Gasteiger partial charge on any atom is 0.308 e. The highest BCUT2D eigenvalue weighted by Gasteiger charge is 2.16. The molecule has 0 fully saturated rings. The topological polar surface area (TPSA) is 80.4 Å². The Labute approximate surface area is 119 Å². The monoisotopic (exact) mass is 289 g/mol. The third kappa shape index (κ3) is 3.58. The summed E-state index contributed by atoms with van der Waals surface area (Å²) in [6.07, 6.45) is -0.362. The Morgan fingerprint density at radius 3 is 2.45 bits per heavy atom. The zero-order chi connectivity index (χ0) is 14.5. The van der Waals surface area contributed by atoms with Crippen molar-refractivity contribution in [3.8, 4) is 0 Å². The van der Waals surface area contributed by atoms with Gasteiger partial charge in [-0.15, -0.1) is 0 Å². The molecule has 0 heterocycles. The van der Waals surface area contributed by atoms with Crippen molar-refractivity contribution < 1.29 is 14.8 Å². The summed E-state index contributed by atoms with van der Waals surface area (Å²) in [5.41, 5.74) is 0.0493. The maximum absolute atomic E-state index is 10.9. The largest absolute Gasteiger partial charge is 0.481 e. The standard InChI is InChI=1S/C14H11NO4S/c16-14(17)9-10-8-12(6-7-13(10)15(18)19)20-11-4-2-1-3-5-11/h1-8H,9H2,(H,16,17). The number of carboxylic acids is 1. The fraction of sp³-hybridized carbons (Fsp3) is 0.0714. The number of hydrogen-bond acceptors (Lipinski definition) is 4. The lowest BCUT2D eigenvalue weighted by Gasteiger charge is -2.05. The van der Waals surface area contributed by atoms with E-state index in [-0.39, 0.29) is 17.7 Å². The first kappa shape index (κ1) is 14.1. The molecule has 102 valence electrons. The average Bonchev–Trinajstić information content (AvgIpc) is 2.39. The average molecular weight is 289 g/mol. The molecule has 0 amide bonds. The van der Waals surface area contributed by atoms with Crippen LogP contribution in [0.5, 0.6) is 0 Å². The van der Waals surface area contributed by atoms with Crippen molar-refractivity contribution in [2.75, 3.05) is 0 Å². The summed E-state index contributed by atoms with van der Waals surface area (Å²) in [4.78, 5) is 22.9. The first-order valence-electron chi connectivity index (χ1n) is 5.78. The molecule has 5 nitrogen and oxygen atoms in total. The van der Waals surface area contributed by atoms with Crippen LogP contribution in [0.25, 0.3) is 0 Å². The first-order valence-corrected chi connectivity index (χ1v) is 6.60. The number of nitro benzene ring substituents is 1. The van der Waals surface area contributed by atoms with Gasteiger partial charge in [0, 0.05) is 21.4 Å². The van der Waals surface area contributed by atoms with Crippen molar-refractivity contribution in [2.45, 2.75) is 16.2 Å². The molecule has 0 aromatic heterocycles. The van der Waals surface area contributed by atoms with Crippen LogP contribution >= 0.6 is 11.8 Å². The molecule has 0 bridgehead atoms. The van der Waals surface area contributed by atoms with Gasteiger partial charge in [0.2, 0.25) is 0 Å². The normalized spacial score (nSPS) is 10.2. The Morgan fingerprint density at radius 1 is 1.15 bits per heavy atom. The van der Waals surface area contributed by atoms with E-state index in [1.165, 1.54) is 17.8 Å². The molecule has 20 heavy (non-hydrogen) atoms. The van der Waals surface area contributed by atoms with Gasteiger partial charge in [0.05, 0.1) is 11.3 Å². The number of nitrogens with zero attached hydrogens (tertiary/aromatic N) is 1. The van der Waals surface area contributed by atoms with Gasteiger partial charge in [-0.25, -0.2) is 0 Å². The molecule has 0 saturated carbocycles. The van der Waals surface area contributed by atoms with Crippen molar-refractivity contribution in [2.24, 2.45) is 0 Å². The minimum atomic E-state index is -1.09. The number of benzene rings is 2. The van der Waals surface area contributed by atoms with Gasteiger partial charge in [-0.3, -0.25) is 14.9 Å². The Hall–Kier alpha value is -2.34. The van der Waals surface area contributed by atoms with Crippen LogP contribution in [0, 0.1) is 10.1 Å². The molecule has 6 heteroatoms. The highest BCUT2D eigenvalue weighted by atomic mass is 32.2. The molecule has 0 spiro atoms. The van der Waals surface area contributed by atoms with Crippen LogP contribution in [-0.2, 0) is 11.2 Å². The number of nitro groups is 1. The SMILES string of the molecule is O=C(O)Cc1cc(Sc2ccccc2)ccc1[N+](=O)[O-]. The summed E-state index contributed by atoms with van der Waals surface area (Å²) >= 11 is 1.43. The lowest BCUT2D eigenvalue weighted by atomic mass is 10.1. The minimum Gasteiger partial charge on any atom is -0.481 e. The van der Waals surface area contributed by atoms with E-state index in [1.807, 2.05) is 30.3 Å². The van der Waals surface area contributed by atoms with E-state index < -0.39 is 10.9 Å². The van der Waals surface area contributed by atoms with Gasteiger partial charge in [0.1, 0.15) is 0 Å². The molecule has 2 aromatic carbocycles. The third-order valence-corrected chi connectivity index (χ3v) is 3.57. The molecule has 0 aliphatic rings.